The number of nitrogens with two attached hydrogens (primary N) is 1. The smallest absolute Gasteiger partial charge is 0.165 e. The van der Waals surface area contributed by atoms with Gasteiger partial charge in [0.1, 0.15) is 11.9 Å². The van der Waals surface area contributed by atoms with Crippen LogP contribution in [0.3, 0.4) is 0 Å². The summed E-state index contributed by atoms with van der Waals surface area (Å²) in [5, 5.41) is 12.0. The molecule has 0 aliphatic heterocycles. The van der Waals surface area contributed by atoms with Crippen LogP contribution in [-0.2, 0) is 0 Å². The van der Waals surface area contributed by atoms with E-state index in [4.69, 9.17) is 11.0 Å². The summed E-state index contributed by atoms with van der Waals surface area (Å²) in [4.78, 5) is 4.13. The van der Waals surface area contributed by atoms with Crippen molar-refractivity contribution in [1.82, 2.24) is 4.98 Å². The van der Waals surface area contributed by atoms with Crippen LogP contribution in [0.4, 0.5) is 11.5 Å². The molecule has 0 saturated heterocycles. The fourth-order valence-electron chi connectivity index (χ4n) is 1.58. The molecule has 0 saturated carbocycles. The Labute approximate surface area is 88.4 Å². The van der Waals surface area contributed by atoms with Gasteiger partial charge in [-0.2, -0.15) is 5.26 Å². The van der Waals surface area contributed by atoms with Crippen molar-refractivity contribution in [3.05, 3.63) is 30.0 Å². The zero-order chi connectivity index (χ0) is 10.7. The molecule has 0 bridgehead atoms. The number of anilines is 2. The van der Waals surface area contributed by atoms with Crippen LogP contribution in [-0.4, -0.2) is 11.0 Å². The van der Waals surface area contributed by atoms with Crippen LogP contribution in [0.2, 0.25) is 0 Å². The second-order valence-corrected chi connectivity index (χ2v) is 3.53. The van der Waals surface area contributed by atoms with Gasteiger partial charge in [0.2, 0.25) is 0 Å². The highest BCUT2D eigenvalue weighted by Crippen LogP contribution is 2.17. The average Bonchev–Trinajstić information content (AvgIpc) is 2.73. The number of nitrogens with one attached hydrogen (secondary N) is 1. The Kier molecular flexibility index (Phi) is 2.55. The van der Waals surface area contributed by atoms with Gasteiger partial charge in [-0.15, -0.1) is 0 Å². The zero-order valence-corrected chi connectivity index (χ0v) is 8.27. The van der Waals surface area contributed by atoms with Crippen LogP contribution >= 0.6 is 0 Å². The Hall–Kier alpha value is -2.02. The lowest BCUT2D eigenvalue weighted by molar-refractivity contribution is 0.781. The van der Waals surface area contributed by atoms with Crippen LogP contribution in [0.1, 0.15) is 18.5 Å². The van der Waals surface area contributed by atoms with Gasteiger partial charge in [-0.05, 0) is 25.0 Å². The molecular weight excluding hydrogens is 188 g/mol. The Morgan fingerprint density at radius 3 is 2.80 bits per heavy atom. The number of nitriles is 1. The van der Waals surface area contributed by atoms with Gasteiger partial charge in [0, 0.05) is 6.04 Å². The average molecular weight is 200 g/mol. The first kappa shape index (κ1) is 9.53. The highest BCUT2D eigenvalue weighted by molar-refractivity contribution is 5.54. The predicted molar refractivity (Wildman–Crippen MR) is 59.1 cm³/mol. The first-order valence-electron chi connectivity index (χ1n) is 4.88. The minimum atomic E-state index is 0.283. The van der Waals surface area contributed by atoms with Gasteiger partial charge in [-0.1, -0.05) is 12.2 Å². The van der Waals surface area contributed by atoms with Gasteiger partial charge in [-0.3, -0.25) is 0 Å². The Morgan fingerprint density at radius 1 is 1.40 bits per heavy atom. The summed E-state index contributed by atoms with van der Waals surface area (Å²) in [5.41, 5.74) is 6.29. The van der Waals surface area contributed by atoms with Crippen LogP contribution in [0, 0.1) is 11.3 Å². The van der Waals surface area contributed by atoms with Crippen molar-refractivity contribution in [2.45, 2.75) is 18.9 Å². The predicted octanol–water partition coefficient (Wildman–Crippen LogP) is 1.67. The number of hydrogen-bond acceptors (Lipinski definition) is 4. The van der Waals surface area contributed by atoms with E-state index in [1.807, 2.05) is 6.07 Å². The number of nitrogen functional groups attached to an aromatic ring is 1. The van der Waals surface area contributed by atoms with E-state index in [9.17, 15) is 0 Å². The Morgan fingerprint density at radius 2 is 2.13 bits per heavy atom. The SMILES string of the molecule is N#Cc1nc(NC2CC=CC2)ccc1N. The lowest BCUT2D eigenvalue weighted by atomic mass is 10.2. The summed E-state index contributed by atoms with van der Waals surface area (Å²) >= 11 is 0. The zero-order valence-electron chi connectivity index (χ0n) is 8.27. The van der Waals surface area contributed by atoms with Crippen molar-refractivity contribution in [2.24, 2.45) is 0 Å². The molecule has 0 aromatic carbocycles. The van der Waals surface area contributed by atoms with E-state index >= 15 is 0 Å². The molecule has 1 aromatic rings. The normalized spacial score (nSPS) is 15.1. The molecule has 0 radical (unpaired) electrons. The van der Waals surface area contributed by atoms with E-state index in [0.717, 1.165) is 18.7 Å². The van der Waals surface area contributed by atoms with E-state index < -0.39 is 0 Å². The van der Waals surface area contributed by atoms with Gasteiger partial charge in [-0.25, -0.2) is 4.98 Å². The molecule has 0 spiro atoms. The third-order valence-corrected chi connectivity index (χ3v) is 2.39. The Bertz CT molecular complexity index is 423. The summed E-state index contributed by atoms with van der Waals surface area (Å²) < 4.78 is 0. The highest BCUT2D eigenvalue weighted by Gasteiger charge is 2.10. The van der Waals surface area contributed by atoms with Crippen molar-refractivity contribution in [1.29, 1.82) is 5.26 Å². The van der Waals surface area contributed by atoms with Crippen molar-refractivity contribution < 1.29 is 0 Å². The molecule has 4 nitrogen and oxygen atoms in total. The first-order chi connectivity index (χ1) is 7.29. The van der Waals surface area contributed by atoms with Crippen LogP contribution in [0.25, 0.3) is 0 Å². The fraction of sp³-hybridized carbons (Fsp3) is 0.273. The fourth-order valence-corrected chi connectivity index (χ4v) is 1.58. The van der Waals surface area contributed by atoms with Crippen LogP contribution in [0.15, 0.2) is 24.3 Å². The summed E-state index contributed by atoms with van der Waals surface area (Å²) in [6.07, 6.45) is 6.29. The molecule has 0 atom stereocenters. The summed E-state index contributed by atoms with van der Waals surface area (Å²) in [6, 6.07) is 5.87. The number of nitrogens with zero attached hydrogens (tertiary/aromatic N) is 2. The second-order valence-electron chi connectivity index (χ2n) is 3.53. The molecule has 1 heterocycles. The van der Waals surface area contributed by atoms with Gasteiger partial charge >= 0.3 is 0 Å². The van der Waals surface area contributed by atoms with Gasteiger partial charge < -0.3 is 11.1 Å². The molecule has 2 rings (SSSR count). The molecule has 0 amide bonds. The lowest BCUT2D eigenvalue weighted by Crippen LogP contribution is -2.16. The van der Waals surface area contributed by atoms with Gasteiger partial charge in [0.25, 0.3) is 0 Å². The molecule has 4 heteroatoms. The van der Waals surface area contributed by atoms with Crippen molar-refractivity contribution >= 4 is 11.5 Å². The first-order valence-corrected chi connectivity index (χ1v) is 4.88. The van der Waals surface area contributed by atoms with Crippen molar-refractivity contribution in [3.63, 3.8) is 0 Å². The monoisotopic (exact) mass is 200 g/mol. The van der Waals surface area contributed by atoms with Crippen LogP contribution in [0.5, 0.6) is 0 Å². The summed E-state index contributed by atoms with van der Waals surface area (Å²) in [5.74, 6) is 0.717. The highest BCUT2D eigenvalue weighted by atomic mass is 15.0. The second kappa shape index (κ2) is 4.01. The molecule has 15 heavy (non-hydrogen) atoms. The molecule has 76 valence electrons. The largest absolute Gasteiger partial charge is 0.396 e. The molecular formula is C11H12N4. The maximum absolute atomic E-state index is 8.77. The standard InChI is InChI=1S/C11H12N4/c12-7-10-9(13)5-6-11(15-10)14-8-3-1-2-4-8/h1-2,5-6,8H,3-4,13H2,(H,14,15). The molecule has 1 aromatic heterocycles. The third-order valence-electron chi connectivity index (χ3n) is 2.39. The quantitative estimate of drug-likeness (QED) is 0.712. The number of aromatic nitrogens is 1. The van der Waals surface area contributed by atoms with Crippen LogP contribution < -0.4 is 11.1 Å². The molecule has 0 unspecified atom stereocenters. The van der Waals surface area contributed by atoms with E-state index in [1.54, 1.807) is 12.1 Å². The number of hydrogen-bond donors (Lipinski definition) is 2. The molecule has 1 aliphatic rings. The molecule has 0 fully saturated rings. The minimum absolute atomic E-state index is 0.283. The Balaban J connectivity index is 2.12. The third kappa shape index (κ3) is 2.08. The summed E-state index contributed by atoms with van der Waals surface area (Å²) in [7, 11) is 0. The van der Waals surface area contributed by atoms with Crippen molar-refractivity contribution in [3.8, 4) is 6.07 Å². The maximum atomic E-state index is 8.77. The number of pyridine rings is 1. The van der Waals surface area contributed by atoms with Gasteiger partial charge in [0.05, 0.1) is 5.69 Å². The lowest BCUT2D eigenvalue weighted by Gasteiger charge is -2.12. The molecule has 3 N–H and O–H groups in total. The maximum Gasteiger partial charge on any atom is 0.165 e. The van der Waals surface area contributed by atoms with E-state index in [0.29, 0.717) is 11.7 Å². The topological polar surface area (TPSA) is 74.7 Å². The van der Waals surface area contributed by atoms with Crippen molar-refractivity contribution in [2.75, 3.05) is 11.1 Å². The van der Waals surface area contributed by atoms with E-state index in [-0.39, 0.29) is 5.69 Å². The minimum Gasteiger partial charge on any atom is -0.396 e. The summed E-state index contributed by atoms with van der Waals surface area (Å²) in [6.45, 7) is 0. The van der Waals surface area contributed by atoms with Gasteiger partial charge in [0.15, 0.2) is 5.69 Å². The molecule has 1 aliphatic carbocycles. The number of rotatable bonds is 2. The van der Waals surface area contributed by atoms with E-state index in [1.165, 1.54) is 0 Å². The van der Waals surface area contributed by atoms with E-state index in [2.05, 4.69) is 22.5 Å².